The summed E-state index contributed by atoms with van der Waals surface area (Å²) in [6, 6.07) is 0. The van der Waals surface area contributed by atoms with Crippen LogP contribution < -0.4 is 16.6 Å². The number of ether oxygens (including phenoxy) is 1. The molecule has 2 aliphatic rings. The molecule has 0 radical (unpaired) electrons. The smallest absolute Gasteiger partial charge is 0.156 e. The number of hydrazine groups is 1. The van der Waals surface area contributed by atoms with Crippen molar-refractivity contribution in [3.8, 4) is 0 Å². The molecule has 7 nitrogen and oxygen atoms in total. The fourth-order valence-corrected chi connectivity index (χ4v) is 5.44. The average Bonchev–Trinajstić information content (AvgIpc) is 3.08. The molecule has 0 unspecified atom stereocenters. The van der Waals surface area contributed by atoms with Crippen LogP contribution in [-0.4, -0.2) is 35.6 Å². The van der Waals surface area contributed by atoms with Crippen molar-refractivity contribution in [2.24, 2.45) is 16.1 Å². The van der Waals surface area contributed by atoms with E-state index in [1.165, 1.54) is 28.7 Å². The highest BCUT2D eigenvalue weighted by Gasteiger charge is 2.27. The Morgan fingerprint density at radius 2 is 2.07 bits per heavy atom. The van der Waals surface area contributed by atoms with E-state index in [2.05, 4.69) is 45.7 Å². The Labute approximate surface area is 175 Å². The number of nitrogens with two attached hydrogens (primary N) is 1. The first kappa shape index (κ1) is 20.3. The molecule has 0 saturated carbocycles. The minimum absolute atomic E-state index is 0.148. The summed E-state index contributed by atoms with van der Waals surface area (Å²) in [5, 5.41) is 1.18. The van der Waals surface area contributed by atoms with Gasteiger partial charge in [0.1, 0.15) is 11.2 Å². The lowest BCUT2D eigenvalue weighted by molar-refractivity contribution is 0.149. The van der Waals surface area contributed by atoms with Gasteiger partial charge < -0.3 is 15.9 Å². The first-order chi connectivity index (χ1) is 14.1. The number of hydrogen-bond acceptors (Lipinski definition) is 8. The summed E-state index contributed by atoms with van der Waals surface area (Å²) in [6.07, 6.45) is 10.5. The number of hydrogen-bond donors (Lipinski definition) is 3. The van der Waals surface area contributed by atoms with Crippen molar-refractivity contribution in [2.45, 2.75) is 52.4 Å². The van der Waals surface area contributed by atoms with Gasteiger partial charge in [0, 0.05) is 16.3 Å². The minimum atomic E-state index is 0.148. The number of fused-ring (bicyclic) bond motifs is 3. The van der Waals surface area contributed by atoms with E-state index in [9.17, 15) is 0 Å². The monoisotopic (exact) mass is 414 g/mol. The van der Waals surface area contributed by atoms with Crippen LogP contribution in [0, 0.1) is 5.41 Å². The predicted octanol–water partition coefficient (Wildman–Crippen LogP) is 3.56. The van der Waals surface area contributed by atoms with E-state index in [1.807, 2.05) is 11.3 Å². The van der Waals surface area contributed by atoms with E-state index in [0.29, 0.717) is 13.2 Å². The van der Waals surface area contributed by atoms with Crippen LogP contribution in [0.4, 0.5) is 5.82 Å². The largest absolute Gasteiger partial charge is 0.365 e. The van der Waals surface area contributed by atoms with Crippen molar-refractivity contribution >= 4 is 33.1 Å². The molecule has 8 heteroatoms. The number of thiophene rings is 1. The second kappa shape index (κ2) is 8.77. The number of aryl methyl sites for hydroxylation is 2. The van der Waals surface area contributed by atoms with Crippen LogP contribution in [-0.2, 0) is 17.6 Å². The van der Waals surface area contributed by atoms with Gasteiger partial charge >= 0.3 is 0 Å². The van der Waals surface area contributed by atoms with Crippen molar-refractivity contribution in [2.75, 3.05) is 25.3 Å². The van der Waals surface area contributed by atoms with Crippen LogP contribution in [0.3, 0.4) is 0 Å². The number of nitrogens with one attached hydrogen (secondary N) is 2. The lowest BCUT2D eigenvalue weighted by Crippen LogP contribution is -2.31. The molecule has 2 aromatic rings. The van der Waals surface area contributed by atoms with Crippen molar-refractivity contribution < 1.29 is 4.74 Å². The van der Waals surface area contributed by atoms with E-state index in [-0.39, 0.29) is 12.1 Å². The topological polar surface area (TPSA) is 97.5 Å². The third-order valence-electron chi connectivity index (χ3n) is 5.43. The first-order valence-corrected chi connectivity index (χ1v) is 11.2. The Morgan fingerprint density at radius 1 is 1.21 bits per heavy atom. The molecule has 156 valence electrons. The van der Waals surface area contributed by atoms with Crippen LogP contribution in [0.25, 0.3) is 10.2 Å². The highest BCUT2D eigenvalue weighted by molar-refractivity contribution is 7.19. The summed E-state index contributed by atoms with van der Waals surface area (Å²) < 4.78 is 5.20. The maximum absolute atomic E-state index is 5.37. The maximum atomic E-state index is 5.37. The van der Waals surface area contributed by atoms with Crippen LogP contribution in [0.2, 0.25) is 0 Å². The third-order valence-corrected chi connectivity index (χ3v) is 6.63. The van der Waals surface area contributed by atoms with Crippen LogP contribution >= 0.6 is 11.3 Å². The molecule has 0 fully saturated rings. The van der Waals surface area contributed by atoms with E-state index >= 15 is 0 Å². The molecule has 0 aromatic carbocycles. The molecule has 0 spiro atoms. The Morgan fingerprint density at radius 3 is 2.93 bits per heavy atom. The van der Waals surface area contributed by atoms with Gasteiger partial charge in [0.2, 0.25) is 0 Å². The first-order valence-electron chi connectivity index (χ1n) is 10.3. The van der Waals surface area contributed by atoms with Gasteiger partial charge in [0.15, 0.2) is 5.82 Å². The minimum Gasteiger partial charge on any atom is -0.365 e. The standard InChI is InChI=1S/C21H30N6OS/c1-21(2)10-14(23-7-8-28-12-22)9-15(11-21)26-27-19-18-16-5-3-4-6-17(16)29-20(18)25-13-24-19/h9,13,26H,3-8,10-12,22H2,1-2H3,(H,24,25,27). The van der Waals surface area contributed by atoms with Crippen molar-refractivity contribution in [3.05, 3.63) is 28.5 Å². The molecule has 2 aliphatic carbocycles. The SMILES string of the molecule is CC1(C)CC(NNc2ncnc3sc4c(c23)CCCC4)=CC(=NCCOCN)C1. The second-order valence-corrected chi connectivity index (χ2v) is 9.58. The number of allylic oxidation sites excluding steroid dienone is 2. The van der Waals surface area contributed by atoms with E-state index < -0.39 is 0 Å². The molecular formula is C21H30N6OS. The van der Waals surface area contributed by atoms with Gasteiger partial charge in [-0.1, -0.05) is 13.8 Å². The predicted molar refractivity (Wildman–Crippen MR) is 119 cm³/mol. The molecule has 2 heterocycles. The molecule has 4 N–H and O–H groups in total. The summed E-state index contributed by atoms with van der Waals surface area (Å²) in [5.41, 5.74) is 15.9. The highest BCUT2D eigenvalue weighted by atomic mass is 32.1. The molecule has 0 amide bonds. The van der Waals surface area contributed by atoms with Crippen LogP contribution in [0.1, 0.15) is 50.0 Å². The maximum Gasteiger partial charge on any atom is 0.156 e. The Kier molecular flexibility index (Phi) is 6.12. The second-order valence-electron chi connectivity index (χ2n) is 8.50. The van der Waals surface area contributed by atoms with Gasteiger partial charge in [0.05, 0.1) is 25.3 Å². The molecular weight excluding hydrogens is 384 g/mol. The number of rotatable bonds is 7. The Balaban J connectivity index is 1.52. The summed E-state index contributed by atoms with van der Waals surface area (Å²) in [6.45, 7) is 5.96. The third kappa shape index (κ3) is 4.76. The van der Waals surface area contributed by atoms with E-state index in [1.54, 1.807) is 6.33 Å². The van der Waals surface area contributed by atoms with Gasteiger partial charge in [0.25, 0.3) is 0 Å². The van der Waals surface area contributed by atoms with Crippen molar-refractivity contribution in [3.63, 3.8) is 0 Å². The molecule has 29 heavy (non-hydrogen) atoms. The molecule has 2 aromatic heterocycles. The van der Waals surface area contributed by atoms with Crippen molar-refractivity contribution in [1.29, 1.82) is 0 Å². The molecule has 0 saturated heterocycles. The van der Waals surface area contributed by atoms with Gasteiger partial charge in [-0.2, -0.15) is 0 Å². The van der Waals surface area contributed by atoms with Crippen LogP contribution in [0.5, 0.6) is 0 Å². The van der Waals surface area contributed by atoms with Crippen molar-refractivity contribution in [1.82, 2.24) is 15.4 Å². The Bertz CT molecular complexity index is 933. The molecule has 4 rings (SSSR count). The summed E-state index contributed by atoms with van der Waals surface area (Å²) >= 11 is 1.82. The quantitative estimate of drug-likeness (QED) is 0.364. The fourth-order valence-electron chi connectivity index (χ4n) is 4.21. The van der Waals surface area contributed by atoms with E-state index in [0.717, 1.165) is 47.7 Å². The summed E-state index contributed by atoms with van der Waals surface area (Å²) in [5.74, 6) is 0.869. The van der Waals surface area contributed by atoms with Gasteiger partial charge in [-0.25, -0.2) is 9.97 Å². The van der Waals surface area contributed by atoms with Crippen LogP contribution in [0.15, 0.2) is 23.1 Å². The molecule has 0 aliphatic heterocycles. The summed E-state index contributed by atoms with van der Waals surface area (Å²) in [7, 11) is 0. The van der Waals surface area contributed by atoms with Gasteiger partial charge in [-0.3, -0.25) is 10.4 Å². The Hall–Kier alpha value is -2.03. The number of nitrogens with zero attached hydrogens (tertiary/aromatic N) is 3. The normalized spacial score (nSPS) is 19.8. The average molecular weight is 415 g/mol. The van der Waals surface area contributed by atoms with Gasteiger partial charge in [-0.05, 0) is 55.6 Å². The number of anilines is 1. The molecule has 0 bridgehead atoms. The summed E-state index contributed by atoms with van der Waals surface area (Å²) in [4.78, 5) is 16.3. The molecule has 0 atom stereocenters. The highest BCUT2D eigenvalue weighted by Crippen LogP contribution is 2.38. The lowest BCUT2D eigenvalue weighted by atomic mass is 9.78. The fraction of sp³-hybridized carbons (Fsp3) is 0.571. The van der Waals surface area contributed by atoms with Gasteiger partial charge in [-0.15, -0.1) is 11.3 Å². The zero-order chi connectivity index (χ0) is 20.3. The zero-order valence-corrected chi connectivity index (χ0v) is 18.1. The van der Waals surface area contributed by atoms with E-state index in [4.69, 9.17) is 10.5 Å². The number of aromatic nitrogens is 2. The zero-order valence-electron chi connectivity index (χ0n) is 17.3. The lowest BCUT2D eigenvalue weighted by Gasteiger charge is -2.31. The number of aliphatic imine (C=N–C) groups is 1.